The highest BCUT2D eigenvalue weighted by Gasteiger charge is 2.36. The summed E-state index contributed by atoms with van der Waals surface area (Å²) >= 11 is 0. The summed E-state index contributed by atoms with van der Waals surface area (Å²) in [7, 11) is 0. The van der Waals surface area contributed by atoms with E-state index in [2.05, 4.69) is 18.8 Å². The van der Waals surface area contributed by atoms with Gasteiger partial charge in [0.05, 0.1) is 5.60 Å². The molecule has 18 heavy (non-hydrogen) atoms. The molecule has 1 saturated carbocycles. The second-order valence-electron chi connectivity index (χ2n) is 6.49. The summed E-state index contributed by atoms with van der Waals surface area (Å²) in [6.07, 6.45) is 6.53. The molecule has 3 N–H and O–H groups in total. The van der Waals surface area contributed by atoms with Crippen LogP contribution in [0.1, 0.15) is 57.1 Å². The number of aromatic nitrogens is 1. The molecular weight excluding hydrogens is 224 g/mol. The van der Waals surface area contributed by atoms with Crippen molar-refractivity contribution >= 4 is 5.82 Å². The Morgan fingerprint density at radius 2 is 1.94 bits per heavy atom. The van der Waals surface area contributed by atoms with E-state index in [9.17, 15) is 5.11 Å². The molecule has 1 heterocycles. The molecule has 0 bridgehead atoms. The summed E-state index contributed by atoms with van der Waals surface area (Å²) in [6.45, 7) is 6.53. The Hall–Kier alpha value is -1.09. The topological polar surface area (TPSA) is 59.1 Å². The number of pyridine rings is 1. The van der Waals surface area contributed by atoms with Gasteiger partial charge in [-0.2, -0.15) is 0 Å². The molecule has 1 atom stereocenters. The maximum atomic E-state index is 10.9. The molecule has 1 unspecified atom stereocenters. The lowest BCUT2D eigenvalue weighted by Gasteiger charge is -2.29. The number of nitrogens with zero attached hydrogens (tertiary/aromatic N) is 1. The first-order chi connectivity index (χ1) is 8.32. The van der Waals surface area contributed by atoms with Gasteiger partial charge in [0.15, 0.2) is 0 Å². The molecule has 1 aliphatic rings. The number of hydrogen-bond donors (Lipinski definition) is 2. The third kappa shape index (κ3) is 2.66. The van der Waals surface area contributed by atoms with Gasteiger partial charge in [-0.1, -0.05) is 13.8 Å². The number of aliphatic hydroxyl groups is 1. The molecule has 1 aromatic heterocycles. The number of nitrogen functional groups attached to an aromatic ring is 1. The minimum atomic E-state index is -0.795. The Morgan fingerprint density at radius 3 is 2.67 bits per heavy atom. The molecule has 0 aromatic carbocycles. The Balaban J connectivity index is 2.33. The molecule has 2 rings (SSSR count). The van der Waals surface area contributed by atoms with E-state index >= 15 is 0 Å². The van der Waals surface area contributed by atoms with Crippen molar-refractivity contribution in [2.75, 3.05) is 5.73 Å². The smallest absolute Gasteiger partial charge is 0.129 e. The normalized spacial score (nSPS) is 27.8. The van der Waals surface area contributed by atoms with E-state index in [0.717, 1.165) is 43.2 Å². The fourth-order valence-electron chi connectivity index (χ4n) is 2.88. The summed E-state index contributed by atoms with van der Waals surface area (Å²) < 4.78 is 0. The van der Waals surface area contributed by atoms with Crippen LogP contribution in [0.15, 0.2) is 12.3 Å². The van der Waals surface area contributed by atoms with Gasteiger partial charge in [0, 0.05) is 11.8 Å². The zero-order chi connectivity index (χ0) is 13.4. The summed E-state index contributed by atoms with van der Waals surface area (Å²) in [5.41, 5.74) is 7.35. The molecule has 3 heteroatoms. The Kier molecular flexibility index (Phi) is 3.37. The second kappa shape index (κ2) is 4.54. The van der Waals surface area contributed by atoms with Crippen molar-refractivity contribution < 1.29 is 5.11 Å². The summed E-state index contributed by atoms with van der Waals surface area (Å²) in [4.78, 5) is 4.18. The van der Waals surface area contributed by atoms with Crippen LogP contribution in [0.3, 0.4) is 0 Å². The first-order valence-electron chi connectivity index (χ1n) is 6.77. The molecule has 1 aliphatic carbocycles. The van der Waals surface area contributed by atoms with Crippen molar-refractivity contribution in [3.63, 3.8) is 0 Å². The first-order valence-corrected chi connectivity index (χ1v) is 6.77. The number of aryl methyl sites for hydroxylation is 1. The molecule has 3 nitrogen and oxygen atoms in total. The predicted octanol–water partition coefficient (Wildman–Crippen LogP) is 3.15. The van der Waals surface area contributed by atoms with E-state index in [1.807, 2.05) is 13.0 Å². The first kappa shape index (κ1) is 13.3. The Morgan fingerprint density at radius 1 is 1.22 bits per heavy atom. The van der Waals surface area contributed by atoms with Crippen molar-refractivity contribution in [2.24, 2.45) is 5.41 Å². The quantitative estimate of drug-likeness (QED) is 0.751. The van der Waals surface area contributed by atoms with Crippen molar-refractivity contribution in [3.8, 4) is 0 Å². The molecule has 100 valence electrons. The lowest BCUT2D eigenvalue weighted by Crippen LogP contribution is -2.27. The maximum Gasteiger partial charge on any atom is 0.129 e. The van der Waals surface area contributed by atoms with Gasteiger partial charge in [0.2, 0.25) is 0 Å². The largest absolute Gasteiger partial charge is 0.385 e. The second-order valence-corrected chi connectivity index (χ2v) is 6.49. The molecular formula is C15H24N2O. The van der Waals surface area contributed by atoms with E-state index in [-0.39, 0.29) is 0 Å². The zero-order valence-corrected chi connectivity index (χ0v) is 11.7. The van der Waals surface area contributed by atoms with Gasteiger partial charge in [-0.3, -0.25) is 0 Å². The minimum absolute atomic E-state index is 0.316. The van der Waals surface area contributed by atoms with Crippen LogP contribution < -0.4 is 5.73 Å². The lowest BCUT2D eigenvalue weighted by molar-refractivity contribution is 0.0184. The summed E-state index contributed by atoms with van der Waals surface area (Å²) in [5.74, 6) is 0.475. The number of nitrogens with two attached hydrogens (primary N) is 1. The van der Waals surface area contributed by atoms with Crippen LogP contribution >= 0.6 is 0 Å². The van der Waals surface area contributed by atoms with Gasteiger partial charge in [-0.15, -0.1) is 0 Å². The molecule has 0 spiro atoms. The van der Waals surface area contributed by atoms with Crippen LogP contribution in [0.2, 0.25) is 0 Å². The highest BCUT2D eigenvalue weighted by molar-refractivity contribution is 5.44. The van der Waals surface area contributed by atoms with Crippen LogP contribution in [0.4, 0.5) is 5.82 Å². The molecule has 0 aliphatic heterocycles. The summed E-state index contributed by atoms with van der Waals surface area (Å²) in [5, 5.41) is 10.9. The van der Waals surface area contributed by atoms with Crippen LogP contribution in [-0.4, -0.2) is 10.1 Å². The van der Waals surface area contributed by atoms with E-state index in [0.29, 0.717) is 11.2 Å². The van der Waals surface area contributed by atoms with E-state index < -0.39 is 5.60 Å². The maximum absolute atomic E-state index is 10.9. The van der Waals surface area contributed by atoms with Gasteiger partial charge >= 0.3 is 0 Å². The van der Waals surface area contributed by atoms with Gasteiger partial charge in [0.25, 0.3) is 0 Å². The van der Waals surface area contributed by atoms with E-state index in [4.69, 9.17) is 5.73 Å². The third-order valence-electron chi connectivity index (χ3n) is 4.22. The average molecular weight is 248 g/mol. The van der Waals surface area contributed by atoms with Crippen LogP contribution in [0.5, 0.6) is 0 Å². The monoisotopic (exact) mass is 248 g/mol. The molecule has 1 aromatic rings. The SMILES string of the molecule is Cc1cnc(N)c(C2(O)CCCC(C)(C)CC2)c1. The van der Waals surface area contributed by atoms with Crippen LogP contribution in [0, 0.1) is 12.3 Å². The van der Waals surface area contributed by atoms with Crippen LogP contribution in [0.25, 0.3) is 0 Å². The van der Waals surface area contributed by atoms with Crippen molar-refractivity contribution in [3.05, 3.63) is 23.4 Å². The van der Waals surface area contributed by atoms with Crippen molar-refractivity contribution in [1.82, 2.24) is 4.98 Å². The van der Waals surface area contributed by atoms with Gasteiger partial charge < -0.3 is 10.8 Å². The van der Waals surface area contributed by atoms with Crippen molar-refractivity contribution in [2.45, 2.75) is 58.5 Å². The predicted molar refractivity (Wildman–Crippen MR) is 74.1 cm³/mol. The van der Waals surface area contributed by atoms with E-state index in [1.54, 1.807) is 6.20 Å². The fourth-order valence-corrected chi connectivity index (χ4v) is 2.88. The van der Waals surface area contributed by atoms with Gasteiger partial charge in [-0.25, -0.2) is 4.98 Å². The molecule has 0 radical (unpaired) electrons. The number of rotatable bonds is 1. The average Bonchev–Trinajstić information content (AvgIpc) is 2.42. The number of anilines is 1. The van der Waals surface area contributed by atoms with Crippen LogP contribution in [-0.2, 0) is 5.60 Å². The summed E-state index contributed by atoms with van der Waals surface area (Å²) in [6, 6.07) is 1.99. The molecule has 1 fully saturated rings. The third-order valence-corrected chi connectivity index (χ3v) is 4.22. The zero-order valence-electron chi connectivity index (χ0n) is 11.7. The minimum Gasteiger partial charge on any atom is -0.385 e. The van der Waals surface area contributed by atoms with E-state index in [1.165, 1.54) is 0 Å². The van der Waals surface area contributed by atoms with Gasteiger partial charge in [0.1, 0.15) is 5.82 Å². The van der Waals surface area contributed by atoms with Crippen molar-refractivity contribution in [1.29, 1.82) is 0 Å². The Bertz CT molecular complexity index is 442. The van der Waals surface area contributed by atoms with Gasteiger partial charge in [-0.05, 0) is 56.1 Å². The fraction of sp³-hybridized carbons (Fsp3) is 0.667. The standard InChI is InChI=1S/C15H24N2O/c1-11-9-12(13(16)17-10-11)15(18)6-4-5-14(2,3)7-8-15/h9-10,18H,4-8H2,1-3H3,(H2,16,17). The highest BCUT2D eigenvalue weighted by Crippen LogP contribution is 2.43. The highest BCUT2D eigenvalue weighted by atomic mass is 16.3. The lowest BCUT2D eigenvalue weighted by atomic mass is 9.82. The Labute approximate surface area is 109 Å². The molecule has 0 saturated heterocycles. The molecule has 0 amide bonds. The number of hydrogen-bond acceptors (Lipinski definition) is 3.